The Labute approximate surface area is 92.1 Å². The van der Waals surface area contributed by atoms with Gasteiger partial charge in [-0.2, -0.15) is 0 Å². The monoisotopic (exact) mass is 204 g/mol. The Balaban J connectivity index is 2.08. The standard InChI is InChI=1S/C13H20N2/c1-11-9-15(8-4-7-14)10-12-5-2-3-6-13(11)12/h2-3,5-6,11H,4,7-10,14H2,1H3. The number of rotatable bonds is 3. The highest BCUT2D eigenvalue weighted by Gasteiger charge is 2.20. The summed E-state index contributed by atoms with van der Waals surface area (Å²) in [6, 6.07) is 8.80. The highest BCUT2D eigenvalue weighted by atomic mass is 15.1. The summed E-state index contributed by atoms with van der Waals surface area (Å²) in [4.78, 5) is 2.51. The molecule has 1 aliphatic heterocycles. The van der Waals surface area contributed by atoms with Gasteiger partial charge in [-0.3, -0.25) is 4.90 Å². The second-order valence-electron chi connectivity index (χ2n) is 4.48. The molecule has 2 nitrogen and oxygen atoms in total. The molecule has 1 aromatic rings. The van der Waals surface area contributed by atoms with Gasteiger partial charge in [-0.05, 0) is 36.6 Å². The average Bonchev–Trinajstić information content (AvgIpc) is 2.26. The molecule has 0 amide bonds. The zero-order valence-electron chi connectivity index (χ0n) is 9.45. The van der Waals surface area contributed by atoms with Crippen LogP contribution in [0.3, 0.4) is 0 Å². The lowest BCUT2D eigenvalue weighted by atomic mass is 9.91. The van der Waals surface area contributed by atoms with Crippen LogP contribution in [0.4, 0.5) is 0 Å². The van der Waals surface area contributed by atoms with E-state index < -0.39 is 0 Å². The molecule has 15 heavy (non-hydrogen) atoms. The van der Waals surface area contributed by atoms with Gasteiger partial charge in [-0.1, -0.05) is 31.2 Å². The van der Waals surface area contributed by atoms with Gasteiger partial charge in [0.2, 0.25) is 0 Å². The van der Waals surface area contributed by atoms with Crippen molar-refractivity contribution in [3.63, 3.8) is 0 Å². The highest BCUT2D eigenvalue weighted by Crippen LogP contribution is 2.27. The fourth-order valence-corrected chi connectivity index (χ4v) is 2.44. The van der Waals surface area contributed by atoms with Gasteiger partial charge in [0.1, 0.15) is 0 Å². The summed E-state index contributed by atoms with van der Waals surface area (Å²) in [6.07, 6.45) is 1.11. The van der Waals surface area contributed by atoms with Crippen molar-refractivity contribution in [2.75, 3.05) is 19.6 Å². The molecule has 0 spiro atoms. The quantitative estimate of drug-likeness (QED) is 0.815. The van der Waals surface area contributed by atoms with Crippen LogP contribution in [0.1, 0.15) is 30.4 Å². The first-order valence-electron chi connectivity index (χ1n) is 5.81. The van der Waals surface area contributed by atoms with Gasteiger partial charge in [0.15, 0.2) is 0 Å². The van der Waals surface area contributed by atoms with Crippen LogP contribution in [0.25, 0.3) is 0 Å². The predicted molar refractivity (Wildman–Crippen MR) is 63.8 cm³/mol. The van der Waals surface area contributed by atoms with Gasteiger partial charge in [0, 0.05) is 13.1 Å². The van der Waals surface area contributed by atoms with E-state index in [1.165, 1.54) is 17.7 Å². The summed E-state index contributed by atoms with van der Waals surface area (Å²) in [7, 11) is 0. The first kappa shape index (κ1) is 10.7. The third-order valence-electron chi connectivity index (χ3n) is 3.19. The predicted octanol–water partition coefficient (Wildman–Crippen LogP) is 1.95. The molecule has 2 heteroatoms. The number of benzene rings is 1. The van der Waals surface area contributed by atoms with Crippen LogP contribution in [-0.2, 0) is 6.54 Å². The molecule has 0 fully saturated rings. The van der Waals surface area contributed by atoms with Crippen LogP contribution in [0.15, 0.2) is 24.3 Å². The van der Waals surface area contributed by atoms with Gasteiger partial charge >= 0.3 is 0 Å². The smallest absolute Gasteiger partial charge is 0.0236 e. The molecular weight excluding hydrogens is 184 g/mol. The maximum Gasteiger partial charge on any atom is 0.0236 e. The van der Waals surface area contributed by atoms with Crippen molar-refractivity contribution >= 4 is 0 Å². The summed E-state index contributed by atoms with van der Waals surface area (Å²) in [6.45, 7) is 6.52. The molecule has 82 valence electrons. The summed E-state index contributed by atoms with van der Waals surface area (Å²) >= 11 is 0. The highest BCUT2D eigenvalue weighted by molar-refractivity contribution is 5.32. The molecule has 0 saturated carbocycles. The zero-order valence-corrected chi connectivity index (χ0v) is 9.45. The largest absolute Gasteiger partial charge is 0.330 e. The molecule has 2 N–H and O–H groups in total. The molecule has 1 aromatic carbocycles. The Morgan fingerprint density at radius 1 is 1.40 bits per heavy atom. The number of hydrogen-bond donors (Lipinski definition) is 1. The molecule has 1 heterocycles. The molecule has 0 bridgehead atoms. The van der Waals surface area contributed by atoms with Gasteiger partial charge in [-0.25, -0.2) is 0 Å². The molecule has 0 saturated heterocycles. The molecule has 2 rings (SSSR count). The lowest BCUT2D eigenvalue weighted by Gasteiger charge is -2.32. The van der Waals surface area contributed by atoms with Crippen molar-refractivity contribution in [1.29, 1.82) is 0 Å². The second-order valence-corrected chi connectivity index (χ2v) is 4.48. The van der Waals surface area contributed by atoms with Gasteiger partial charge in [0.05, 0.1) is 0 Å². The fourth-order valence-electron chi connectivity index (χ4n) is 2.44. The van der Waals surface area contributed by atoms with E-state index >= 15 is 0 Å². The third kappa shape index (κ3) is 2.39. The number of fused-ring (bicyclic) bond motifs is 1. The van der Waals surface area contributed by atoms with E-state index in [1.807, 2.05) is 0 Å². The summed E-state index contributed by atoms with van der Waals surface area (Å²) < 4.78 is 0. The van der Waals surface area contributed by atoms with E-state index in [0.717, 1.165) is 26.1 Å². The van der Waals surface area contributed by atoms with Crippen molar-refractivity contribution in [3.8, 4) is 0 Å². The Hall–Kier alpha value is -0.860. The lowest BCUT2D eigenvalue weighted by molar-refractivity contribution is 0.234. The first-order chi connectivity index (χ1) is 7.31. The van der Waals surface area contributed by atoms with Gasteiger partial charge in [0.25, 0.3) is 0 Å². The van der Waals surface area contributed by atoms with Crippen LogP contribution in [0.2, 0.25) is 0 Å². The minimum atomic E-state index is 0.660. The Morgan fingerprint density at radius 2 is 2.20 bits per heavy atom. The normalized spacial score (nSPS) is 21.3. The van der Waals surface area contributed by atoms with Crippen molar-refractivity contribution in [1.82, 2.24) is 4.90 Å². The van der Waals surface area contributed by atoms with Crippen LogP contribution in [0, 0.1) is 0 Å². The second kappa shape index (κ2) is 4.77. The minimum absolute atomic E-state index is 0.660. The van der Waals surface area contributed by atoms with E-state index in [9.17, 15) is 0 Å². The Bertz CT molecular complexity index is 322. The Kier molecular flexibility index (Phi) is 3.39. The van der Waals surface area contributed by atoms with Crippen LogP contribution in [0.5, 0.6) is 0 Å². The van der Waals surface area contributed by atoms with E-state index in [2.05, 4.69) is 36.1 Å². The number of nitrogens with zero attached hydrogens (tertiary/aromatic N) is 1. The summed E-state index contributed by atoms with van der Waals surface area (Å²) in [5.41, 5.74) is 8.57. The number of hydrogen-bond acceptors (Lipinski definition) is 2. The molecule has 0 radical (unpaired) electrons. The van der Waals surface area contributed by atoms with Crippen molar-refractivity contribution < 1.29 is 0 Å². The van der Waals surface area contributed by atoms with Crippen LogP contribution in [-0.4, -0.2) is 24.5 Å². The molecule has 0 aromatic heterocycles. The van der Waals surface area contributed by atoms with E-state index in [-0.39, 0.29) is 0 Å². The molecule has 1 aliphatic rings. The van der Waals surface area contributed by atoms with E-state index in [0.29, 0.717) is 5.92 Å². The maximum absolute atomic E-state index is 5.55. The van der Waals surface area contributed by atoms with Crippen molar-refractivity contribution in [3.05, 3.63) is 35.4 Å². The Morgan fingerprint density at radius 3 is 3.00 bits per heavy atom. The van der Waals surface area contributed by atoms with Crippen molar-refractivity contribution in [2.45, 2.75) is 25.8 Å². The lowest BCUT2D eigenvalue weighted by Crippen LogP contribution is -2.34. The number of nitrogens with two attached hydrogens (primary N) is 1. The molecular formula is C13H20N2. The zero-order chi connectivity index (χ0) is 10.7. The van der Waals surface area contributed by atoms with Crippen molar-refractivity contribution in [2.24, 2.45) is 5.73 Å². The third-order valence-corrected chi connectivity index (χ3v) is 3.19. The average molecular weight is 204 g/mol. The molecule has 1 unspecified atom stereocenters. The van der Waals surface area contributed by atoms with E-state index in [1.54, 1.807) is 0 Å². The minimum Gasteiger partial charge on any atom is -0.330 e. The fraction of sp³-hybridized carbons (Fsp3) is 0.538. The SMILES string of the molecule is CC1CN(CCCN)Cc2ccccc21. The first-order valence-corrected chi connectivity index (χ1v) is 5.81. The summed E-state index contributed by atoms with van der Waals surface area (Å²) in [5.74, 6) is 0.660. The summed E-state index contributed by atoms with van der Waals surface area (Å²) in [5, 5.41) is 0. The molecule has 1 atom stereocenters. The van der Waals surface area contributed by atoms with Gasteiger partial charge in [-0.15, -0.1) is 0 Å². The van der Waals surface area contributed by atoms with E-state index in [4.69, 9.17) is 5.73 Å². The topological polar surface area (TPSA) is 29.3 Å². The molecule has 0 aliphatic carbocycles. The van der Waals surface area contributed by atoms with Gasteiger partial charge < -0.3 is 5.73 Å². The van der Waals surface area contributed by atoms with Crippen LogP contribution >= 0.6 is 0 Å². The van der Waals surface area contributed by atoms with Crippen LogP contribution < -0.4 is 5.73 Å². The maximum atomic E-state index is 5.55.